The molecule has 20 heavy (non-hydrogen) atoms. The van der Waals surface area contributed by atoms with Gasteiger partial charge in [-0.1, -0.05) is 26.0 Å². The maximum absolute atomic E-state index is 5.72. The van der Waals surface area contributed by atoms with E-state index in [1.165, 1.54) is 37.9 Å². The van der Waals surface area contributed by atoms with Gasteiger partial charge in [0.25, 0.3) is 0 Å². The standard InChI is InChI=1S/C17H28N2O/c1-4-17(5-2)8-9-19(13-17)12-14-6-7-15(11-18)16(10-14)20-3/h6-7,10H,4-5,8-9,11-13,18H2,1-3H3. The third-order valence-corrected chi connectivity index (χ3v) is 4.99. The van der Waals surface area contributed by atoms with Crippen molar-refractivity contribution in [1.29, 1.82) is 0 Å². The van der Waals surface area contributed by atoms with Crippen LogP contribution in [0.2, 0.25) is 0 Å². The summed E-state index contributed by atoms with van der Waals surface area (Å²) in [5.74, 6) is 0.918. The van der Waals surface area contributed by atoms with E-state index in [9.17, 15) is 0 Å². The minimum atomic E-state index is 0.530. The normalized spacial score (nSPS) is 18.4. The van der Waals surface area contributed by atoms with Crippen LogP contribution in [0.25, 0.3) is 0 Å². The van der Waals surface area contributed by atoms with Crippen molar-refractivity contribution in [2.45, 2.75) is 46.2 Å². The Morgan fingerprint density at radius 3 is 2.60 bits per heavy atom. The number of benzene rings is 1. The molecule has 1 aliphatic rings. The lowest BCUT2D eigenvalue weighted by Gasteiger charge is -2.26. The van der Waals surface area contributed by atoms with E-state index >= 15 is 0 Å². The van der Waals surface area contributed by atoms with Crippen molar-refractivity contribution in [3.8, 4) is 5.75 Å². The fraction of sp³-hybridized carbons (Fsp3) is 0.647. The molecule has 0 unspecified atom stereocenters. The van der Waals surface area contributed by atoms with E-state index in [1.54, 1.807) is 7.11 Å². The summed E-state index contributed by atoms with van der Waals surface area (Å²) in [6.07, 6.45) is 3.91. The fourth-order valence-corrected chi connectivity index (χ4v) is 3.30. The van der Waals surface area contributed by atoms with Gasteiger partial charge in [-0.15, -0.1) is 0 Å². The van der Waals surface area contributed by atoms with E-state index in [2.05, 4.69) is 36.9 Å². The van der Waals surface area contributed by atoms with Crippen LogP contribution in [0.15, 0.2) is 18.2 Å². The van der Waals surface area contributed by atoms with E-state index in [0.717, 1.165) is 17.9 Å². The highest BCUT2D eigenvalue weighted by atomic mass is 16.5. The Bertz CT molecular complexity index is 441. The summed E-state index contributed by atoms with van der Waals surface area (Å²) in [5.41, 5.74) is 8.66. The molecule has 1 aliphatic heterocycles. The highest BCUT2D eigenvalue weighted by Crippen LogP contribution is 2.37. The lowest BCUT2D eigenvalue weighted by Crippen LogP contribution is -2.26. The van der Waals surface area contributed by atoms with Gasteiger partial charge in [-0.25, -0.2) is 0 Å². The predicted molar refractivity (Wildman–Crippen MR) is 83.8 cm³/mol. The number of nitrogens with two attached hydrogens (primary N) is 1. The van der Waals surface area contributed by atoms with E-state index in [1.807, 2.05) is 0 Å². The van der Waals surface area contributed by atoms with Gasteiger partial charge in [0.2, 0.25) is 0 Å². The highest BCUT2D eigenvalue weighted by Gasteiger charge is 2.34. The molecular weight excluding hydrogens is 248 g/mol. The second-order valence-electron chi connectivity index (χ2n) is 6.02. The zero-order chi connectivity index (χ0) is 14.6. The average Bonchev–Trinajstić information content (AvgIpc) is 2.91. The minimum Gasteiger partial charge on any atom is -0.496 e. The summed E-state index contributed by atoms with van der Waals surface area (Å²) in [7, 11) is 1.72. The first-order valence-electron chi connectivity index (χ1n) is 7.74. The quantitative estimate of drug-likeness (QED) is 0.867. The molecular formula is C17H28N2O. The summed E-state index contributed by atoms with van der Waals surface area (Å²) >= 11 is 0. The molecule has 1 saturated heterocycles. The molecule has 1 aromatic carbocycles. The topological polar surface area (TPSA) is 38.5 Å². The zero-order valence-corrected chi connectivity index (χ0v) is 13.1. The number of ether oxygens (including phenoxy) is 1. The molecule has 3 nitrogen and oxygen atoms in total. The van der Waals surface area contributed by atoms with Crippen LogP contribution in [-0.4, -0.2) is 25.1 Å². The molecule has 0 spiro atoms. The predicted octanol–water partition coefficient (Wildman–Crippen LogP) is 3.17. The third-order valence-electron chi connectivity index (χ3n) is 4.99. The van der Waals surface area contributed by atoms with Crippen LogP contribution in [0.5, 0.6) is 5.75 Å². The number of rotatable bonds is 6. The minimum absolute atomic E-state index is 0.530. The van der Waals surface area contributed by atoms with E-state index in [0.29, 0.717) is 12.0 Å². The number of likely N-dealkylation sites (tertiary alicyclic amines) is 1. The number of hydrogen-bond acceptors (Lipinski definition) is 3. The molecule has 0 saturated carbocycles. The van der Waals surface area contributed by atoms with Crippen LogP contribution in [-0.2, 0) is 13.1 Å². The van der Waals surface area contributed by atoms with Gasteiger partial charge in [0.15, 0.2) is 0 Å². The summed E-state index contributed by atoms with van der Waals surface area (Å²) in [6.45, 7) is 8.63. The first-order chi connectivity index (χ1) is 9.66. The SMILES string of the molecule is CCC1(CC)CCN(Cc2ccc(CN)c(OC)c2)C1. The monoisotopic (exact) mass is 276 g/mol. The Labute approximate surface area is 123 Å². The Balaban J connectivity index is 2.04. The summed E-state index contributed by atoms with van der Waals surface area (Å²) in [4.78, 5) is 2.57. The molecule has 0 radical (unpaired) electrons. The molecule has 0 aliphatic carbocycles. The first-order valence-corrected chi connectivity index (χ1v) is 7.74. The molecule has 1 aromatic rings. The van der Waals surface area contributed by atoms with Crippen LogP contribution in [0.4, 0.5) is 0 Å². The molecule has 0 aromatic heterocycles. The number of nitrogens with zero attached hydrogens (tertiary/aromatic N) is 1. The third kappa shape index (κ3) is 3.15. The van der Waals surface area contributed by atoms with Crippen molar-refractivity contribution in [3.05, 3.63) is 29.3 Å². The number of methoxy groups -OCH3 is 1. The largest absolute Gasteiger partial charge is 0.496 e. The second kappa shape index (κ2) is 6.59. The van der Waals surface area contributed by atoms with Crippen molar-refractivity contribution >= 4 is 0 Å². The van der Waals surface area contributed by atoms with Gasteiger partial charge in [-0.3, -0.25) is 4.90 Å². The van der Waals surface area contributed by atoms with Crippen molar-refractivity contribution in [1.82, 2.24) is 4.90 Å². The van der Waals surface area contributed by atoms with Crippen LogP contribution in [0.3, 0.4) is 0 Å². The molecule has 1 heterocycles. The van der Waals surface area contributed by atoms with Crippen molar-refractivity contribution in [3.63, 3.8) is 0 Å². The van der Waals surface area contributed by atoms with Crippen LogP contribution in [0.1, 0.15) is 44.2 Å². The van der Waals surface area contributed by atoms with Gasteiger partial charge in [-0.05, 0) is 42.9 Å². The zero-order valence-electron chi connectivity index (χ0n) is 13.1. The van der Waals surface area contributed by atoms with Crippen molar-refractivity contribution < 1.29 is 4.74 Å². The van der Waals surface area contributed by atoms with E-state index < -0.39 is 0 Å². The van der Waals surface area contributed by atoms with Gasteiger partial charge < -0.3 is 10.5 Å². The van der Waals surface area contributed by atoms with E-state index in [-0.39, 0.29) is 0 Å². The van der Waals surface area contributed by atoms with Gasteiger partial charge in [0.1, 0.15) is 5.75 Å². The smallest absolute Gasteiger partial charge is 0.123 e. The van der Waals surface area contributed by atoms with Gasteiger partial charge in [-0.2, -0.15) is 0 Å². The molecule has 1 fully saturated rings. The average molecular weight is 276 g/mol. The summed E-state index contributed by atoms with van der Waals surface area (Å²) in [5, 5.41) is 0. The number of hydrogen-bond donors (Lipinski definition) is 1. The summed E-state index contributed by atoms with van der Waals surface area (Å²) in [6, 6.07) is 6.42. The van der Waals surface area contributed by atoms with Crippen LogP contribution < -0.4 is 10.5 Å². The van der Waals surface area contributed by atoms with Crippen LogP contribution >= 0.6 is 0 Å². The molecule has 2 rings (SSSR count). The lowest BCUT2D eigenvalue weighted by molar-refractivity contribution is 0.236. The van der Waals surface area contributed by atoms with Gasteiger partial charge >= 0.3 is 0 Å². The molecule has 112 valence electrons. The van der Waals surface area contributed by atoms with E-state index in [4.69, 9.17) is 10.5 Å². The lowest BCUT2D eigenvalue weighted by atomic mass is 9.82. The van der Waals surface area contributed by atoms with Crippen LogP contribution in [0, 0.1) is 5.41 Å². The highest BCUT2D eigenvalue weighted by molar-refractivity contribution is 5.37. The first kappa shape index (κ1) is 15.3. The molecule has 0 atom stereocenters. The molecule has 3 heteroatoms. The Morgan fingerprint density at radius 1 is 1.30 bits per heavy atom. The summed E-state index contributed by atoms with van der Waals surface area (Å²) < 4.78 is 5.43. The van der Waals surface area contributed by atoms with Crippen molar-refractivity contribution in [2.24, 2.45) is 11.1 Å². The van der Waals surface area contributed by atoms with Crippen molar-refractivity contribution in [2.75, 3.05) is 20.2 Å². The van der Waals surface area contributed by atoms with Gasteiger partial charge in [0.05, 0.1) is 7.11 Å². The maximum atomic E-state index is 5.72. The Hall–Kier alpha value is -1.06. The Morgan fingerprint density at radius 2 is 2.05 bits per heavy atom. The molecule has 2 N–H and O–H groups in total. The maximum Gasteiger partial charge on any atom is 0.123 e. The fourth-order valence-electron chi connectivity index (χ4n) is 3.30. The Kier molecular flexibility index (Phi) is 5.06. The molecule has 0 amide bonds. The van der Waals surface area contributed by atoms with Gasteiger partial charge in [0, 0.05) is 25.2 Å². The molecule has 0 bridgehead atoms. The second-order valence-corrected chi connectivity index (χ2v) is 6.02.